The first-order valence-electron chi connectivity index (χ1n) is 13.9. The monoisotopic (exact) mass is 549 g/mol. The van der Waals surface area contributed by atoms with E-state index in [1.165, 1.54) is 6.42 Å². The number of ether oxygens (including phenoxy) is 1. The molecular formula is C30H51N3O4S. The molecule has 0 heterocycles. The van der Waals surface area contributed by atoms with Gasteiger partial charge >= 0.3 is 6.09 Å². The van der Waals surface area contributed by atoms with Crippen LogP contribution in [0.5, 0.6) is 0 Å². The van der Waals surface area contributed by atoms with Crippen LogP contribution in [0.4, 0.5) is 4.79 Å². The minimum absolute atomic E-state index is 0.0749. The van der Waals surface area contributed by atoms with Crippen molar-refractivity contribution in [2.45, 2.75) is 124 Å². The van der Waals surface area contributed by atoms with Gasteiger partial charge in [-0.1, -0.05) is 62.8 Å². The molecule has 0 spiro atoms. The number of amides is 3. The van der Waals surface area contributed by atoms with Crippen molar-refractivity contribution in [3.63, 3.8) is 0 Å². The number of unbranched alkanes of at least 4 members (excludes halogenated alkanes) is 5. The number of aryl methyl sites for hydroxylation is 2. The molecule has 1 aromatic carbocycles. The average molecular weight is 550 g/mol. The van der Waals surface area contributed by atoms with Crippen LogP contribution in [0.2, 0.25) is 0 Å². The molecule has 0 saturated carbocycles. The molecule has 0 aliphatic carbocycles. The summed E-state index contributed by atoms with van der Waals surface area (Å²) in [4.78, 5) is 42.1. The van der Waals surface area contributed by atoms with Gasteiger partial charge in [-0.05, 0) is 72.9 Å². The maximum Gasteiger partial charge on any atom is 0.408 e. The Labute approximate surface area is 236 Å². The Kier molecular flexibility index (Phi) is 13.7. The van der Waals surface area contributed by atoms with Gasteiger partial charge in [0.15, 0.2) is 0 Å². The molecule has 0 saturated heterocycles. The van der Waals surface area contributed by atoms with Crippen molar-refractivity contribution in [2.24, 2.45) is 0 Å². The highest BCUT2D eigenvalue weighted by Gasteiger charge is 2.37. The first-order chi connectivity index (χ1) is 17.6. The van der Waals surface area contributed by atoms with Crippen LogP contribution in [0.25, 0.3) is 0 Å². The van der Waals surface area contributed by atoms with E-state index in [1.54, 1.807) is 25.7 Å². The SMILES string of the molecule is CCCCCCCCN(C(=O)C(CS)NC(=O)OC(C)(C)C)C(C(=O)NC(C)(C)C)c1cc(C)ccc1C. The van der Waals surface area contributed by atoms with Crippen molar-refractivity contribution in [1.29, 1.82) is 0 Å². The van der Waals surface area contributed by atoms with Crippen LogP contribution in [-0.4, -0.2) is 52.3 Å². The summed E-state index contributed by atoms with van der Waals surface area (Å²) in [5.74, 6) is -0.527. The second-order valence-corrected chi connectivity index (χ2v) is 12.5. The lowest BCUT2D eigenvalue weighted by Crippen LogP contribution is -2.55. The molecule has 2 atom stereocenters. The quantitative estimate of drug-likeness (QED) is 0.200. The van der Waals surface area contributed by atoms with Gasteiger partial charge in [0, 0.05) is 17.8 Å². The van der Waals surface area contributed by atoms with Gasteiger partial charge in [-0.15, -0.1) is 0 Å². The zero-order chi connectivity index (χ0) is 29.1. The zero-order valence-electron chi connectivity index (χ0n) is 25.1. The van der Waals surface area contributed by atoms with Crippen molar-refractivity contribution in [2.75, 3.05) is 12.3 Å². The lowest BCUT2D eigenvalue weighted by Gasteiger charge is -2.36. The highest BCUT2D eigenvalue weighted by atomic mass is 32.1. The molecule has 0 aliphatic heterocycles. The molecule has 8 heteroatoms. The Morgan fingerprint density at radius 3 is 2.13 bits per heavy atom. The van der Waals surface area contributed by atoms with Gasteiger partial charge in [0.2, 0.25) is 11.8 Å². The Balaban J connectivity index is 3.45. The number of carbonyl (C=O) groups excluding carboxylic acids is 3. The molecule has 7 nitrogen and oxygen atoms in total. The van der Waals surface area contributed by atoms with Crippen LogP contribution in [0, 0.1) is 13.8 Å². The molecule has 2 unspecified atom stereocenters. The van der Waals surface area contributed by atoms with E-state index >= 15 is 0 Å². The van der Waals surface area contributed by atoms with Gasteiger partial charge in [-0.3, -0.25) is 9.59 Å². The number of hydrogen-bond acceptors (Lipinski definition) is 5. The van der Waals surface area contributed by atoms with E-state index in [4.69, 9.17) is 4.74 Å². The number of rotatable bonds is 13. The smallest absolute Gasteiger partial charge is 0.408 e. The largest absolute Gasteiger partial charge is 0.444 e. The first kappa shape index (κ1) is 33.8. The third-order valence-corrected chi connectivity index (χ3v) is 6.36. The van der Waals surface area contributed by atoms with E-state index in [9.17, 15) is 14.4 Å². The van der Waals surface area contributed by atoms with Gasteiger partial charge < -0.3 is 20.3 Å². The average Bonchev–Trinajstić information content (AvgIpc) is 2.78. The summed E-state index contributed by atoms with van der Waals surface area (Å²) >= 11 is 4.38. The number of nitrogens with zero attached hydrogens (tertiary/aromatic N) is 1. The maximum absolute atomic E-state index is 14.0. The van der Waals surface area contributed by atoms with Gasteiger partial charge in [0.25, 0.3) is 0 Å². The van der Waals surface area contributed by atoms with E-state index in [1.807, 2.05) is 52.8 Å². The lowest BCUT2D eigenvalue weighted by molar-refractivity contribution is -0.142. The van der Waals surface area contributed by atoms with Crippen LogP contribution in [-0.2, 0) is 14.3 Å². The fraction of sp³-hybridized carbons (Fsp3) is 0.700. The highest BCUT2D eigenvalue weighted by Crippen LogP contribution is 2.28. The molecule has 3 amide bonds. The number of carbonyl (C=O) groups is 3. The van der Waals surface area contributed by atoms with Gasteiger partial charge in [0.05, 0.1) is 0 Å². The molecule has 0 aromatic heterocycles. The molecule has 216 valence electrons. The van der Waals surface area contributed by atoms with Crippen molar-refractivity contribution in [3.05, 3.63) is 34.9 Å². The fourth-order valence-electron chi connectivity index (χ4n) is 4.21. The molecule has 0 aliphatic rings. The van der Waals surface area contributed by atoms with Crippen molar-refractivity contribution >= 4 is 30.5 Å². The minimum Gasteiger partial charge on any atom is -0.444 e. The van der Waals surface area contributed by atoms with E-state index < -0.39 is 29.3 Å². The Morgan fingerprint density at radius 1 is 0.974 bits per heavy atom. The van der Waals surface area contributed by atoms with E-state index in [0.717, 1.165) is 48.8 Å². The molecule has 1 aromatic rings. The van der Waals surface area contributed by atoms with Crippen molar-refractivity contribution in [3.8, 4) is 0 Å². The molecule has 38 heavy (non-hydrogen) atoms. The summed E-state index contributed by atoms with van der Waals surface area (Å²) in [7, 11) is 0. The summed E-state index contributed by atoms with van der Waals surface area (Å²) in [6.45, 7) is 17.6. The normalized spacial score (nSPS) is 13.4. The van der Waals surface area contributed by atoms with E-state index in [2.05, 4.69) is 30.2 Å². The summed E-state index contributed by atoms with van der Waals surface area (Å²) in [6.07, 6.45) is 5.59. The Hall–Kier alpha value is -2.22. The van der Waals surface area contributed by atoms with Gasteiger partial charge in [-0.25, -0.2) is 4.79 Å². The molecular weight excluding hydrogens is 498 g/mol. The summed E-state index contributed by atoms with van der Waals surface area (Å²) in [6, 6.07) is 4.16. The number of hydrogen-bond donors (Lipinski definition) is 3. The molecule has 0 radical (unpaired) electrons. The standard InChI is InChI=1S/C30H51N3O4S/c1-10-11-12-13-14-15-18-33(27(35)24(20-38)31-28(36)37-30(7,8)9)25(26(34)32-29(4,5)6)23-19-21(2)16-17-22(23)3/h16-17,19,24-25,38H,10-15,18,20H2,1-9H3,(H,31,36)(H,32,34). The van der Waals surface area contributed by atoms with Crippen molar-refractivity contribution in [1.82, 2.24) is 15.5 Å². The van der Waals surface area contributed by atoms with E-state index in [0.29, 0.717) is 6.54 Å². The van der Waals surface area contributed by atoms with Crippen LogP contribution >= 0.6 is 12.6 Å². The topological polar surface area (TPSA) is 87.7 Å². The minimum atomic E-state index is -0.941. The third kappa shape index (κ3) is 12.1. The Morgan fingerprint density at radius 2 is 1.58 bits per heavy atom. The Bertz CT molecular complexity index is 921. The molecule has 0 bridgehead atoms. The maximum atomic E-state index is 14.0. The summed E-state index contributed by atoms with van der Waals surface area (Å²) in [5.41, 5.74) is 1.51. The molecule has 0 fully saturated rings. The molecule has 2 N–H and O–H groups in total. The second kappa shape index (κ2) is 15.4. The highest BCUT2D eigenvalue weighted by molar-refractivity contribution is 7.80. The predicted molar refractivity (Wildman–Crippen MR) is 159 cm³/mol. The second-order valence-electron chi connectivity index (χ2n) is 12.2. The van der Waals surface area contributed by atoms with Crippen LogP contribution in [0.3, 0.4) is 0 Å². The number of alkyl carbamates (subject to hydrolysis) is 1. The van der Waals surface area contributed by atoms with Crippen LogP contribution in [0.1, 0.15) is 110 Å². The number of benzene rings is 1. The molecule has 1 rings (SSSR count). The summed E-state index contributed by atoms with van der Waals surface area (Å²) in [5, 5.41) is 5.76. The third-order valence-electron chi connectivity index (χ3n) is 5.99. The summed E-state index contributed by atoms with van der Waals surface area (Å²) < 4.78 is 5.40. The van der Waals surface area contributed by atoms with Crippen LogP contribution in [0.15, 0.2) is 18.2 Å². The van der Waals surface area contributed by atoms with Crippen molar-refractivity contribution < 1.29 is 19.1 Å². The number of nitrogens with one attached hydrogen (secondary N) is 2. The van der Waals surface area contributed by atoms with Gasteiger partial charge in [-0.2, -0.15) is 12.6 Å². The van der Waals surface area contributed by atoms with E-state index in [-0.39, 0.29) is 17.6 Å². The van der Waals surface area contributed by atoms with Gasteiger partial charge in [0.1, 0.15) is 17.7 Å². The fourth-order valence-corrected chi connectivity index (χ4v) is 4.46. The lowest BCUT2D eigenvalue weighted by atomic mass is 9.95. The number of thiol groups is 1. The first-order valence-corrected chi connectivity index (χ1v) is 14.5. The predicted octanol–water partition coefficient (Wildman–Crippen LogP) is 6.27. The van der Waals surface area contributed by atoms with Crippen LogP contribution < -0.4 is 10.6 Å². The zero-order valence-corrected chi connectivity index (χ0v) is 26.0.